The molecule has 0 saturated heterocycles. The van der Waals surface area contributed by atoms with Crippen LogP contribution in [-0.2, 0) is 4.79 Å². The predicted octanol–water partition coefficient (Wildman–Crippen LogP) is 2.18. The van der Waals surface area contributed by atoms with E-state index in [1.54, 1.807) is 30.3 Å². The van der Waals surface area contributed by atoms with Gasteiger partial charge in [-0.1, -0.05) is 18.3 Å². The molecule has 0 bridgehead atoms. The van der Waals surface area contributed by atoms with Crippen molar-refractivity contribution in [1.82, 2.24) is 9.88 Å². The maximum Gasteiger partial charge on any atom is 0.241 e. The molecule has 20 heavy (non-hydrogen) atoms. The second-order valence-corrected chi connectivity index (χ2v) is 5.94. The SMILES string of the molecule is CCCN(CC(=O)N(C)C)c1nc2ccc(N)cc2s1. The number of fused-ring (bicyclic) bond motifs is 1. The number of aromatic nitrogens is 1. The molecule has 2 N–H and O–H groups in total. The summed E-state index contributed by atoms with van der Waals surface area (Å²) in [6.45, 7) is 3.27. The molecular formula is C14H20N4OS. The van der Waals surface area contributed by atoms with Gasteiger partial charge in [-0.3, -0.25) is 4.79 Å². The standard InChI is InChI=1S/C14H20N4OS/c1-4-7-18(9-13(19)17(2)3)14-16-11-6-5-10(15)8-12(11)20-14/h5-6,8H,4,7,9,15H2,1-3H3. The molecule has 0 saturated carbocycles. The van der Waals surface area contributed by atoms with Crippen LogP contribution in [0.25, 0.3) is 10.2 Å². The zero-order valence-electron chi connectivity index (χ0n) is 12.1. The molecule has 0 atom stereocenters. The van der Waals surface area contributed by atoms with E-state index in [9.17, 15) is 4.79 Å². The van der Waals surface area contributed by atoms with Gasteiger partial charge >= 0.3 is 0 Å². The maximum atomic E-state index is 11.9. The number of anilines is 2. The highest BCUT2D eigenvalue weighted by molar-refractivity contribution is 7.22. The lowest BCUT2D eigenvalue weighted by atomic mass is 10.3. The van der Waals surface area contributed by atoms with Gasteiger partial charge < -0.3 is 15.5 Å². The van der Waals surface area contributed by atoms with E-state index in [1.807, 2.05) is 23.1 Å². The van der Waals surface area contributed by atoms with E-state index in [1.165, 1.54) is 0 Å². The van der Waals surface area contributed by atoms with E-state index in [0.717, 1.165) is 34.0 Å². The van der Waals surface area contributed by atoms with Gasteiger partial charge in [0, 0.05) is 26.3 Å². The summed E-state index contributed by atoms with van der Waals surface area (Å²) in [7, 11) is 3.54. The number of thiazole rings is 1. The average Bonchev–Trinajstić information content (AvgIpc) is 2.80. The molecule has 5 nitrogen and oxygen atoms in total. The molecule has 0 unspecified atom stereocenters. The smallest absolute Gasteiger partial charge is 0.241 e. The number of carbonyl (C=O) groups excluding carboxylic acids is 1. The second-order valence-electron chi connectivity index (χ2n) is 4.93. The first-order valence-electron chi connectivity index (χ1n) is 6.62. The number of nitrogens with zero attached hydrogens (tertiary/aromatic N) is 3. The third-order valence-electron chi connectivity index (χ3n) is 2.99. The van der Waals surface area contributed by atoms with Gasteiger partial charge in [0.15, 0.2) is 5.13 Å². The van der Waals surface area contributed by atoms with Crippen LogP contribution in [0.4, 0.5) is 10.8 Å². The molecule has 6 heteroatoms. The van der Waals surface area contributed by atoms with Gasteiger partial charge in [-0.25, -0.2) is 4.98 Å². The molecule has 1 heterocycles. The van der Waals surface area contributed by atoms with E-state index in [4.69, 9.17) is 5.73 Å². The lowest BCUT2D eigenvalue weighted by Gasteiger charge is -2.22. The van der Waals surface area contributed by atoms with Crippen molar-refractivity contribution in [3.05, 3.63) is 18.2 Å². The number of amides is 1. The highest BCUT2D eigenvalue weighted by Gasteiger charge is 2.16. The predicted molar refractivity (Wildman–Crippen MR) is 85.2 cm³/mol. The first kappa shape index (κ1) is 14.6. The van der Waals surface area contributed by atoms with Crippen LogP contribution in [0.5, 0.6) is 0 Å². The van der Waals surface area contributed by atoms with Crippen molar-refractivity contribution in [3.8, 4) is 0 Å². The monoisotopic (exact) mass is 292 g/mol. The fourth-order valence-corrected chi connectivity index (χ4v) is 2.92. The van der Waals surface area contributed by atoms with Crippen molar-refractivity contribution in [1.29, 1.82) is 0 Å². The molecule has 1 aromatic heterocycles. The van der Waals surface area contributed by atoms with Crippen LogP contribution in [0.1, 0.15) is 13.3 Å². The molecule has 0 aliphatic rings. The Bertz CT molecular complexity index is 608. The molecule has 2 aromatic rings. The first-order chi connectivity index (χ1) is 9.51. The van der Waals surface area contributed by atoms with E-state index in [2.05, 4.69) is 11.9 Å². The van der Waals surface area contributed by atoms with Gasteiger partial charge in [0.05, 0.1) is 16.8 Å². The van der Waals surface area contributed by atoms with Crippen molar-refractivity contribution in [2.45, 2.75) is 13.3 Å². The number of carbonyl (C=O) groups is 1. The fraction of sp³-hybridized carbons (Fsp3) is 0.429. The van der Waals surface area contributed by atoms with Crippen molar-refractivity contribution in [3.63, 3.8) is 0 Å². The molecule has 0 aliphatic heterocycles. The zero-order chi connectivity index (χ0) is 14.7. The number of hydrogen-bond donors (Lipinski definition) is 1. The van der Waals surface area contributed by atoms with Gasteiger partial charge in [0.2, 0.25) is 5.91 Å². The lowest BCUT2D eigenvalue weighted by molar-refractivity contribution is -0.127. The minimum absolute atomic E-state index is 0.0808. The summed E-state index contributed by atoms with van der Waals surface area (Å²) >= 11 is 1.58. The van der Waals surface area contributed by atoms with Gasteiger partial charge in [-0.05, 0) is 24.6 Å². The highest BCUT2D eigenvalue weighted by Crippen LogP contribution is 2.30. The lowest BCUT2D eigenvalue weighted by Crippen LogP contribution is -2.37. The Labute approximate surface area is 123 Å². The summed E-state index contributed by atoms with van der Waals surface area (Å²) < 4.78 is 1.05. The minimum atomic E-state index is 0.0808. The van der Waals surface area contributed by atoms with E-state index >= 15 is 0 Å². The molecule has 2 rings (SSSR count). The molecular weight excluding hydrogens is 272 g/mol. The van der Waals surface area contributed by atoms with Gasteiger partial charge in [-0.15, -0.1) is 0 Å². The Hall–Kier alpha value is -1.82. The largest absolute Gasteiger partial charge is 0.399 e. The normalized spacial score (nSPS) is 10.8. The Morgan fingerprint density at radius 1 is 1.40 bits per heavy atom. The number of nitrogens with two attached hydrogens (primary N) is 1. The summed E-state index contributed by atoms with van der Waals surface area (Å²) in [6.07, 6.45) is 0.971. The van der Waals surface area contributed by atoms with E-state index < -0.39 is 0 Å². The van der Waals surface area contributed by atoms with Crippen molar-refractivity contribution in [2.75, 3.05) is 37.8 Å². The fourth-order valence-electron chi connectivity index (χ4n) is 1.88. The Morgan fingerprint density at radius 3 is 2.80 bits per heavy atom. The van der Waals surface area contributed by atoms with Crippen LogP contribution >= 0.6 is 11.3 Å². The highest BCUT2D eigenvalue weighted by atomic mass is 32.1. The minimum Gasteiger partial charge on any atom is -0.399 e. The third kappa shape index (κ3) is 3.19. The summed E-state index contributed by atoms with van der Waals surface area (Å²) in [6, 6.07) is 5.69. The summed E-state index contributed by atoms with van der Waals surface area (Å²) in [5.41, 5.74) is 7.46. The molecule has 0 spiro atoms. The van der Waals surface area contributed by atoms with Crippen LogP contribution in [-0.4, -0.2) is 43.0 Å². The van der Waals surface area contributed by atoms with Crippen LogP contribution in [0.15, 0.2) is 18.2 Å². The van der Waals surface area contributed by atoms with E-state index in [0.29, 0.717) is 6.54 Å². The molecule has 1 aromatic carbocycles. The van der Waals surface area contributed by atoms with Crippen molar-refractivity contribution >= 4 is 38.3 Å². The van der Waals surface area contributed by atoms with Crippen LogP contribution in [0, 0.1) is 0 Å². The van der Waals surface area contributed by atoms with Crippen molar-refractivity contribution < 1.29 is 4.79 Å². The molecule has 0 aliphatic carbocycles. The van der Waals surface area contributed by atoms with Gasteiger partial charge in [0.1, 0.15) is 0 Å². The number of hydrogen-bond acceptors (Lipinski definition) is 5. The number of nitrogen functional groups attached to an aromatic ring is 1. The molecule has 0 radical (unpaired) electrons. The molecule has 108 valence electrons. The average molecular weight is 292 g/mol. The number of benzene rings is 1. The summed E-state index contributed by atoms with van der Waals surface area (Å²) in [5.74, 6) is 0.0808. The van der Waals surface area contributed by atoms with Crippen LogP contribution in [0.3, 0.4) is 0 Å². The summed E-state index contributed by atoms with van der Waals surface area (Å²) in [5, 5.41) is 0.877. The van der Waals surface area contributed by atoms with Crippen LogP contribution in [0.2, 0.25) is 0 Å². The third-order valence-corrected chi connectivity index (χ3v) is 4.07. The second kappa shape index (κ2) is 6.09. The van der Waals surface area contributed by atoms with Gasteiger partial charge in [-0.2, -0.15) is 0 Å². The Morgan fingerprint density at radius 2 is 2.15 bits per heavy atom. The quantitative estimate of drug-likeness (QED) is 0.858. The maximum absolute atomic E-state index is 11.9. The van der Waals surface area contributed by atoms with Crippen molar-refractivity contribution in [2.24, 2.45) is 0 Å². The van der Waals surface area contributed by atoms with Crippen LogP contribution < -0.4 is 10.6 Å². The van der Waals surface area contributed by atoms with E-state index in [-0.39, 0.29) is 5.91 Å². The number of rotatable bonds is 5. The Balaban J connectivity index is 2.28. The first-order valence-corrected chi connectivity index (χ1v) is 7.44. The van der Waals surface area contributed by atoms with Gasteiger partial charge in [0.25, 0.3) is 0 Å². The zero-order valence-corrected chi connectivity index (χ0v) is 12.9. The topological polar surface area (TPSA) is 62.5 Å². The number of likely N-dealkylation sites (N-methyl/N-ethyl adjacent to an activating group) is 1. The summed E-state index contributed by atoms with van der Waals surface area (Å²) in [4.78, 5) is 20.2. The molecule has 0 fully saturated rings. The molecule has 1 amide bonds. The Kier molecular flexibility index (Phi) is 4.44.